The third-order valence-electron chi connectivity index (χ3n) is 3.25. The normalized spacial score (nSPS) is 12.3. The molecule has 0 spiro atoms. The van der Waals surface area contributed by atoms with Crippen molar-refractivity contribution < 1.29 is 4.79 Å². The number of aromatic nitrogens is 3. The second kappa shape index (κ2) is 6.60. The van der Waals surface area contributed by atoms with Gasteiger partial charge in [0.25, 0.3) is 0 Å². The maximum atomic E-state index is 12.2. The van der Waals surface area contributed by atoms with Crippen molar-refractivity contribution >= 4 is 46.1 Å². The molecule has 1 atom stereocenters. The van der Waals surface area contributed by atoms with E-state index in [4.69, 9.17) is 11.6 Å². The van der Waals surface area contributed by atoms with Gasteiger partial charge in [-0.25, -0.2) is 9.97 Å². The number of anilines is 1. The highest BCUT2D eigenvalue weighted by atomic mass is 35.5. The number of amides is 1. The molecule has 1 amide bonds. The fourth-order valence-corrected chi connectivity index (χ4v) is 2.99. The number of thioether (sulfide) groups is 1. The van der Waals surface area contributed by atoms with Crippen LogP contribution in [0.3, 0.4) is 0 Å². The number of carbonyl (C=O) groups excluding carboxylic acids is 1. The Balaban J connectivity index is 1.68. The average Bonchev–Trinajstić information content (AvgIpc) is 2.90. The highest BCUT2D eigenvalue weighted by Crippen LogP contribution is 2.24. The predicted molar refractivity (Wildman–Crippen MR) is 94.0 cm³/mol. The van der Waals surface area contributed by atoms with Gasteiger partial charge >= 0.3 is 0 Å². The number of aryl methyl sites for hydroxylation is 1. The summed E-state index contributed by atoms with van der Waals surface area (Å²) >= 11 is 7.15. The molecule has 1 unspecified atom stereocenters. The van der Waals surface area contributed by atoms with Gasteiger partial charge < -0.3 is 10.3 Å². The Morgan fingerprint density at radius 3 is 2.91 bits per heavy atom. The zero-order valence-electron chi connectivity index (χ0n) is 12.6. The number of aromatic amines is 1. The Hall–Kier alpha value is -2.05. The summed E-state index contributed by atoms with van der Waals surface area (Å²) in [5, 5.41) is 3.70. The number of nitrogens with one attached hydrogen (secondary N) is 2. The molecule has 2 N–H and O–H groups in total. The van der Waals surface area contributed by atoms with Crippen LogP contribution in [0.1, 0.15) is 12.5 Å². The molecule has 0 radical (unpaired) electrons. The first kappa shape index (κ1) is 15.8. The number of fused-ring (bicyclic) bond motifs is 1. The minimum absolute atomic E-state index is 0.138. The zero-order valence-corrected chi connectivity index (χ0v) is 14.2. The van der Waals surface area contributed by atoms with Crippen molar-refractivity contribution in [2.24, 2.45) is 0 Å². The minimum Gasteiger partial charge on any atom is -0.333 e. The Bertz CT molecular complexity index is 847. The van der Waals surface area contributed by atoms with Crippen LogP contribution in [0.2, 0.25) is 5.02 Å². The third-order valence-corrected chi connectivity index (χ3v) is 4.46. The largest absolute Gasteiger partial charge is 0.333 e. The van der Waals surface area contributed by atoms with Crippen molar-refractivity contribution in [3.8, 4) is 0 Å². The van der Waals surface area contributed by atoms with Gasteiger partial charge in [-0.3, -0.25) is 4.79 Å². The fourth-order valence-electron chi connectivity index (χ4n) is 2.05. The first-order valence-electron chi connectivity index (χ1n) is 7.07. The first-order chi connectivity index (χ1) is 11.0. The standard InChI is InChI=1S/C16H15ClN4OS/c1-9-3-5-12-13(7-9)20-16(19-12)23-10(2)15(22)21-14-6-4-11(17)8-18-14/h3-8,10H,1-2H3,(H,19,20)(H,18,21,22). The zero-order chi connectivity index (χ0) is 16.4. The van der Waals surface area contributed by atoms with Gasteiger partial charge in [-0.2, -0.15) is 0 Å². The molecule has 0 fully saturated rings. The molecule has 0 saturated carbocycles. The van der Waals surface area contributed by atoms with Crippen molar-refractivity contribution in [3.05, 3.63) is 47.1 Å². The summed E-state index contributed by atoms with van der Waals surface area (Å²) in [4.78, 5) is 24.0. The molecule has 0 aliphatic heterocycles. The average molecular weight is 347 g/mol. The number of pyridine rings is 1. The Morgan fingerprint density at radius 1 is 1.35 bits per heavy atom. The van der Waals surface area contributed by atoms with E-state index in [1.165, 1.54) is 18.0 Å². The number of benzene rings is 1. The second-order valence-corrected chi connectivity index (χ2v) is 6.94. The van der Waals surface area contributed by atoms with Gasteiger partial charge in [0.05, 0.1) is 21.3 Å². The number of imidazole rings is 1. The molecule has 0 aliphatic carbocycles. The summed E-state index contributed by atoms with van der Waals surface area (Å²) < 4.78 is 0. The molecule has 3 rings (SSSR count). The van der Waals surface area contributed by atoms with E-state index in [-0.39, 0.29) is 11.2 Å². The lowest BCUT2D eigenvalue weighted by atomic mass is 10.2. The van der Waals surface area contributed by atoms with Crippen LogP contribution in [0.5, 0.6) is 0 Å². The molecule has 7 heteroatoms. The first-order valence-corrected chi connectivity index (χ1v) is 8.32. The lowest BCUT2D eigenvalue weighted by molar-refractivity contribution is -0.115. The van der Waals surface area contributed by atoms with Gasteiger partial charge in [0.2, 0.25) is 5.91 Å². The summed E-state index contributed by atoms with van der Waals surface area (Å²) in [5.41, 5.74) is 3.03. The lowest BCUT2D eigenvalue weighted by Crippen LogP contribution is -2.23. The molecule has 0 bridgehead atoms. The van der Waals surface area contributed by atoms with Gasteiger partial charge in [0.1, 0.15) is 5.82 Å². The second-order valence-electron chi connectivity index (χ2n) is 5.17. The molecular weight excluding hydrogens is 332 g/mol. The van der Waals surface area contributed by atoms with Crippen LogP contribution >= 0.6 is 23.4 Å². The summed E-state index contributed by atoms with van der Waals surface area (Å²) in [6.07, 6.45) is 1.50. The van der Waals surface area contributed by atoms with E-state index in [2.05, 4.69) is 20.3 Å². The van der Waals surface area contributed by atoms with Gasteiger partial charge in [0.15, 0.2) is 5.16 Å². The number of nitrogens with zero attached hydrogens (tertiary/aromatic N) is 2. The fraction of sp³-hybridized carbons (Fsp3) is 0.188. The van der Waals surface area contributed by atoms with E-state index in [1.807, 2.05) is 32.0 Å². The SMILES string of the molecule is Cc1ccc2nc(SC(C)C(=O)Nc3ccc(Cl)cn3)[nH]c2c1. The van der Waals surface area contributed by atoms with E-state index in [0.717, 1.165) is 21.8 Å². The highest BCUT2D eigenvalue weighted by molar-refractivity contribution is 8.00. The van der Waals surface area contributed by atoms with E-state index >= 15 is 0 Å². The quantitative estimate of drug-likeness (QED) is 0.699. The van der Waals surface area contributed by atoms with Gasteiger partial charge in [0, 0.05) is 6.20 Å². The number of H-pyrrole nitrogens is 1. The Labute approximate surface area is 142 Å². The van der Waals surface area contributed by atoms with Crippen molar-refractivity contribution in [2.75, 3.05) is 5.32 Å². The van der Waals surface area contributed by atoms with Crippen LogP contribution in [0.25, 0.3) is 11.0 Å². The molecule has 2 heterocycles. The molecule has 118 valence electrons. The summed E-state index contributed by atoms with van der Waals surface area (Å²) in [5.74, 6) is 0.341. The molecule has 23 heavy (non-hydrogen) atoms. The van der Waals surface area contributed by atoms with Gasteiger partial charge in [-0.15, -0.1) is 0 Å². The lowest BCUT2D eigenvalue weighted by Gasteiger charge is -2.09. The number of carbonyl (C=O) groups is 1. The monoisotopic (exact) mass is 346 g/mol. The van der Waals surface area contributed by atoms with Gasteiger partial charge in [-0.1, -0.05) is 29.4 Å². The van der Waals surface area contributed by atoms with E-state index < -0.39 is 0 Å². The smallest absolute Gasteiger partial charge is 0.238 e. The summed E-state index contributed by atoms with van der Waals surface area (Å²) in [7, 11) is 0. The number of hydrogen-bond donors (Lipinski definition) is 2. The van der Waals surface area contributed by atoms with Crippen molar-refractivity contribution in [1.82, 2.24) is 15.0 Å². The van der Waals surface area contributed by atoms with Gasteiger partial charge in [-0.05, 0) is 43.7 Å². The van der Waals surface area contributed by atoms with Crippen LogP contribution in [0.15, 0.2) is 41.7 Å². The van der Waals surface area contributed by atoms with E-state index in [0.29, 0.717) is 10.8 Å². The maximum Gasteiger partial charge on any atom is 0.238 e. The number of rotatable bonds is 4. The van der Waals surface area contributed by atoms with E-state index in [9.17, 15) is 4.79 Å². The van der Waals surface area contributed by atoms with Crippen LogP contribution in [0, 0.1) is 6.92 Å². The molecule has 2 aromatic heterocycles. The van der Waals surface area contributed by atoms with Crippen molar-refractivity contribution in [2.45, 2.75) is 24.3 Å². The van der Waals surface area contributed by atoms with Crippen LogP contribution in [0.4, 0.5) is 5.82 Å². The van der Waals surface area contributed by atoms with Crippen LogP contribution < -0.4 is 5.32 Å². The van der Waals surface area contributed by atoms with Crippen LogP contribution in [-0.2, 0) is 4.79 Å². The number of hydrogen-bond acceptors (Lipinski definition) is 4. The molecule has 3 aromatic rings. The molecule has 0 aliphatic rings. The molecular formula is C16H15ClN4OS. The highest BCUT2D eigenvalue weighted by Gasteiger charge is 2.17. The summed E-state index contributed by atoms with van der Waals surface area (Å²) in [6, 6.07) is 9.37. The predicted octanol–water partition coefficient (Wildman–Crippen LogP) is 4.04. The topological polar surface area (TPSA) is 70.7 Å². The molecule has 1 aromatic carbocycles. The number of halogens is 1. The molecule has 0 saturated heterocycles. The van der Waals surface area contributed by atoms with Crippen molar-refractivity contribution in [1.29, 1.82) is 0 Å². The Kier molecular flexibility index (Phi) is 4.54. The minimum atomic E-state index is -0.311. The maximum absolute atomic E-state index is 12.2. The van der Waals surface area contributed by atoms with Crippen LogP contribution in [-0.4, -0.2) is 26.1 Å². The van der Waals surface area contributed by atoms with E-state index in [1.54, 1.807) is 12.1 Å². The van der Waals surface area contributed by atoms with Crippen molar-refractivity contribution in [3.63, 3.8) is 0 Å². The third kappa shape index (κ3) is 3.83. The molecule has 5 nitrogen and oxygen atoms in total. The summed E-state index contributed by atoms with van der Waals surface area (Å²) in [6.45, 7) is 3.86. The Morgan fingerprint density at radius 2 is 2.17 bits per heavy atom.